The highest BCUT2D eigenvalue weighted by atomic mass is 16.5. The van der Waals surface area contributed by atoms with Crippen molar-refractivity contribution in [3.63, 3.8) is 0 Å². The van der Waals surface area contributed by atoms with E-state index in [2.05, 4.69) is 36.4 Å². The van der Waals surface area contributed by atoms with Crippen molar-refractivity contribution in [1.29, 1.82) is 0 Å². The molecule has 1 amide bonds. The van der Waals surface area contributed by atoms with Crippen LogP contribution in [-0.2, 0) is 10.2 Å². The molecule has 0 saturated heterocycles. The molecule has 2 rings (SSSR count). The molecule has 1 aromatic heterocycles. The van der Waals surface area contributed by atoms with Gasteiger partial charge in [0, 0.05) is 31.2 Å². The van der Waals surface area contributed by atoms with Crippen LogP contribution in [0.15, 0.2) is 48.8 Å². The van der Waals surface area contributed by atoms with Crippen LogP contribution in [0, 0.1) is 0 Å². The number of nitrogens with zero attached hydrogens (tertiary/aromatic N) is 1. The summed E-state index contributed by atoms with van der Waals surface area (Å²) in [6.07, 6.45) is 4.33. The van der Waals surface area contributed by atoms with Crippen molar-refractivity contribution in [3.8, 4) is 5.75 Å². The Morgan fingerprint density at radius 2 is 1.72 bits per heavy atom. The molecule has 0 atom stereocenters. The van der Waals surface area contributed by atoms with Crippen LogP contribution in [0.25, 0.3) is 0 Å². The first kappa shape index (κ1) is 18.8. The molecule has 0 aliphatic carbocycles. The second kappa shape index (κ2) is 9.06. The van der Waals surface area contributed by atoms with Crippen LogP contribution < -0.4 is 15.4 Å². The maximum absolute atomic E-state index is 11.8. The summed E-state index contributed by atoms with van der Waals surface area (Å²) >= 11 is 0. The number of anilines is 1. The van der Waals surface area contributed by atoms with Crippen LogP contribution in [0.5, 0.6) is 5.75 Å². The SMILES string of the molecule is CC(C)(C)c1ccc(OCC(=O)NCCCNc2ccncc2)cc1. The molecular formula is C20H27N3O2. The van der Waals surface area contributed by atoms with Crippen molar-refractivity contribution < 1.29 is 9.53 Å². The number of hydrogen-bond donors (Lipinski definition) is 2. The van der Waals surface area contributed by atoms with Crippen LogP contribution in [0.2, 0.25) is 0 Å². The second-order valence-electron chi connectivity index (χ2n) is 6.93. The number of nitrogens with one attached hydrogen (secondary N) is 2. The molecule has 2 N–H and O–H groups in total. The molecule has 0 unspecified atom stereocenters. The van der Waals surface area contributed by atoms with Crippen molar-refractivity contribution in [3.05, 3.63) is 54.4 Å². The smallest absolute Gasteiger partial charge is 0.257 e. The molecule has 25 heavy (non-hydrogen) atoms. The first-order valence-electron chi connectivity index (χ1n) is 8.59. The molecule has 0 aliphatic heterocycles. The molecule has 1 heterocycles. The molecule has 2 aromatic rings. The lowest BCUT2D eigenvalue weighted by molar-refractivity contribution is -0.123. The van der Waals surface area contributed by atoms with Crippen molar-refractivity contribution in [2.45, 2.75) is 32.6 Å². The summed E-state index contributed by atoms with van der Waals surface area (Å²) in [6, 6.07) is 11.7. The number of ether oxygens (including phenoxy) is 1. The topological polar surface area (TPSA) is 63.2 Å². The highest BCUT2D eigenvalue weighted by molar-refractivity contribution is 5.77. The summed E-state index contributed by atoms with van der Waals surface area (Å²) in [5, 5.41) is 6.13. The molecule has 0 bridgehead atoms. The number of hydrogen-bond acceptors (Lipinski definition) is 4. The molecule has 5 nitrogen and oxygen atoms in total. The van der Waals surface area contributed by atoms with Crippen molar-refractivity contribution in [1.82, 2.24) is 10.3 Å². The van der Waals surface area contributed by atoms with E-state index in [0.717, 1.165) is 18.7 Å². The average molecular weight is 341 g/mol. The number of carbonyl (C=O) groups is 1. The molecular weight excluding hydrogens is 314 g/mol. The highest BCUT2D eigenvalue weighted by Gasteiger charge is 2.13. The van der Waals surface area contributed by atoms with Crippen molar-refractivity contribution in [2.24, 2.45) is 0 Å². The number of amides is 1. The third-order valence-corrected chi connectivity index (χ3v) is 3.78. The number of pyridine rings is 1. The Balaban J connectivity index is 1.61. The van der Waals surface area contributed by atoms with Crippen LogP contribution >= 0.6 is 0 Å². The normalized spacial score (nSPS) is 11.0. The number of carbonyl (C=O) groups excluding carboxylic acids is 1. The fourth-order valence-corrected chi connectivity index (χ4v) is 2.27. The zero-order valence-corrected chi connectivity index (χ0v) is 15.2. The monoisotopic (exact) mass is 341 g/mol. The summed E-state index contributed by atoms with van der Waals surface area (Å²) < 4.78 is 5.53. The molecule has 0 radical (unpaired) electrons. The van der Waals surface area contributed by atoms with Gasteiger partial charge in [0.2, 0.25) is 0 Å². The summed E-state index contributed by atoms with van der Waals surface area (Å²) in [7, 11) is 0. The van der Waals surface area contributed by atoms with Gasteiger partial charge in [-0.05, 0) is 41.7 Å². The minimum atomic E-state index is -0.108. The van der Waals surface area contributed by atoms with Gasteiger partial charge in [0.25, 0.3) is 5.91 Å². The Hall–Kier alpha value is -2.56. The summed E-state index contributed by atoms with van der Waals surface area (Å²) in [5.41, 5.74) is 2.38. The van der Waals surface area contributed by atoms with E-state index in [9.17, 15) is 4.79 Å². The van der Waals surface area contributed by atoms with Gasteiger partial charge in [-0.1, -0.05) is 32.9 Å². The van der Waals surface area contributed by atoms with Gasteiger partial charge in [0.05, 0.1) is 0 Å². The lowest BCUT2D eigenvalue weighted by atomic mass is 9.87. The molecule has 5 heteroatoms. The second-order valence-corrected chi connectivity index (χ2v) is 6.93. The third kappa shape index (κ3) is 6.83. The summed E-state index contributed by atoms with van der Waals surface area (Å²) in [5.74, 6) is 0.603. The molecule has 0 spiro atoms. The Morgan fingerprint density at radius 3 is 2.36 bits per heavy atom. The molecule has 1 aromatic carbocycles. The molecule has 0 fully saturated rings. The lowest BCUT2D eigenvalue weighted by Crippen LogP contribution is -2.30. The predicted octanol–water partition coefficient (Wildman–Crippen LogP) is 3.38. The highest BCUT2D eigenvalue weighted by Crippen LogP contribution is 2.24. The zero-order valence-electron chi connectivity index (χ0n) is 15.2. The van der Waals surface area contributed by atoms with Crippen LogP contribution in [0.4, 0.5) is 5.69 Å². The van der Waals surface area contributed by atoms with E-state index in [1.54, 1.807) is 12.4 Å². The number of benzene rings is 1. The largest absolute Gasteiger partial charge is 0.484 e. The Morgan fingerprint density at radius 1 is 1.04 bits per heavy atom. The molecule has 134 valence electrons. The van der Waals surface area contributed by atoms with E-state index in [1.807, 2.05) is 36.4 Å². The van der Waals surface area contributed by atoms with Crippen molar-refractivity contribution >= 4 is 11.6 Å². The Kier molecular flexibility index (Phi) is 6.81. The first-order chi connectivity index (χ1) is 11.9. The van der Waals surface area contributed by atoms with E-state index >= 15 is 0 Å². The van der Waals surface area contributed by atoms with E-state index in [-0.39, 0.29) is 17.9 Å². The summed E-state index contributed by atoms with van der Waals surface area (Å²) in [6.45, 7) is 7.94. The zero-order chi connectivity index (χ0) is 18.1. The molecule has 0 aliphatic rings. The fraction of sp³-hybridized carbons (Fsp3) is 0.400. The maximum atomic E-state index is 11.8. The average Bonchev–Trinajstić information content (AvgIpc) is 2.60. The molecule has 0 saturated carbocycles. The Bertz CT molecular complexity index is 649. The summed E-state index contributed by atoms with van der Waals surface area (Å²) in [4.78, 5) is 15.8. The fourth-order valence-electron chi connectivity index (χ4n) is 2.27. The van der Waals surface area contributed by atoms with Crippen LogP contribution in [0.3, 0.4) is 0 Å². The van der Waals surface area contributed by atoms with Gasteiger partial charge in [-0.2, -0.15) is 0 Å². The van der Waals surface area contributed by atoms with E-state index < -0.39 is 0 Å². The Labute approximate surface area is 149 Å². The van der Waals surface area contributed by atoms with Crippen LogP contribution in [0.1, 0.15) is 32.8 Å². The minimum absolute atomic E-state index is 0.0344. The maximum Gasteiger partial charge on any atom is 0.257 e. The first-order valence-corrected chi connectivity index (χ1v) is 8.59. The van der Waals surface area contributed by atoms with Gasteiger partial charge in [-0.15, -0.1) is 0 Å². The minimum Gasteiger partial charge on any atom is -0.484 e. The van der Waals surface area contributed by atoms with Crippen LogP contribution in [-0.4, -0.2) is 30.6 Å². The van der Waals surface area contributed by atoms with Gasteiger partial charge >= 0.3 is 0 Å². The van der Waals surface area contributed by atoms with Gasteiger partial charge in [0.1, 0.15) is 5.75 Å². The predicted molar refractivity (Wildman–Crippen MR) is 101 cm³/mol. The van der Waals surface area contributed by atoms with Gasteiger partial charge in [0.15, 0.2) is 6.61 Å². The van der Waals surface area contributed by atoms with Gasteiger partial charge in [-0.25, -0.2) is 0 Å². The number of aromatic nitrogens is 1. The standard InChI is InChI=1S/C20H27N3O2/c1-20(2,3)16-5-7-18(8-6-16)25-15-19(24)23-12-4-11-22-17-9-13-21-14-10-17/h5-10,13-14H,4,11-12,15H2,1-3H3,(H,21,22)(H,23,24). The van der Waals surface area contributed by atoms with Gasteiger partial charge < -0.3 is 15.4 Å². The van der Waals surface area contributed by atoms with Gasteiger partial charge in [-0.3, -0.25) is 9.78 Å². The number of rotatable bonds is 8. The van der Waals surface area contributed by atoms with Crippen molar-refractivity contribution in [2.75, 3.05) is 25.0 Å². The quantitative estimate of drug-likeness (QED) is 0.723. The van der Waals surface area contributed by atoms with E-state index in [1.165, 1.54) is 5.56 Å². The lowest BCUT2D eigenvalue weighted by Gasteiger charge is -2.19. The third-order valence-electron chi connectivity index (χ3n) is 3.78. The van der Waals surface area contributed by atoms with E-state index in [0.29, 0.717) is 12.3 Å². The van der Waals surface area contributed by atoms with E-state index in [4.69, 9.17) is 4.74 Å².